The number of rotatable bonds is 4. The molecule has 1 aliphatic rings. The number of aliphatic hydroxyl groups excluding tert-OH is 1. The molecule has 0 aromatic heterocycles. The van der Waals surface area contributed by atoms with Crippen molar-refractivity contribution in [1.29, 1.82) is 0 Å². The van der Waals surface area contributed by atoms with Gasteiger partial charge in [-0.05, 0) is 31.4 Å². The summed E-state index contributed by atoms with van der Waals surface area (Å²) in [5.41, 5.74) is 7.45. The highest BCUT2D eigenvalue weighted by molar-refractivity contribution is 5.47. The molecule has 2 unspecified atom stereocenters. The predicted molar refractivity (Wildman–Crippen MR) is 75.3 cm³/mol. The highest BCUT2D eigenvalue weighted by Crippen LogP contribution is 2.24. The van der Waals surface area contributed by atoms with E-state index >= 15 is 0 Å². The first-order valence-corrected chi connectivity index (χ1v) is 6.95. The van der Waals surface area contributed by atoms with Crippen LogP contribution in [0.2, 0.25) is 0 Å². The third-order valence-electron chi connectivity index (χ3n) is 3.97. The van der Waals surface area contributed by atoms with Crippen molar-refractivity contribution in [3.05, 3.63) is 29.8 Å². The number of likely N-dealkylation sites (tertiary alicyclic amines) is 1. The van der Waals surface area contributed by atoms with Crippen LogP contribution in [-0.2, 0) is 0 Å². The molecule has 1 aromatic carbocycles. The Balaban J connectivity index is 1.95. The zero-order valence-corrected chi connectivity index (χ0v) is 11.2. The molecule has 0 amide bonds. The van der Waals surface area contributed by atoms with Crippen molar-refractivity contribution in [2.24, 2.45) is 5.92 Å². The Hall–Kier alpha value is -1.06. The number of benzene rings is 1. The van der Waals surface area contributed by atoms with Gasteiger partial charge in [0.05, 0.1) is 6.10 Å². The van der Waals surface area contributed by atoms with Crippen LogP contribution in [0.3, 0.4) is 0 Å². The van der Waals surface area contributed by atoms with Crippen molar-refractivity contribution >= 4 is 5.69 Å². The lowest BCUT2D eigenvalue weighted by Gasteiger charge is -2.33. The third-order valence-corrected chi connectivity index (χ3v) is 3.97. The molecule has 3 heteroatoms. The number of β-amino-alcohol motifs (C(OH)–C–C–N with tert-alkyl or cyclic N) is 1. The van der Waals surface area contributed by atoms with Crippen LogP contribution in [0.5, 0.6) is 0 Å². The SMILES string of the molecule is CCC1CCCN(CC(O)c2ccccc2N)C1. The molecule has 0 radical (unpaired) electrons. The van der Waals surface area contributed by atoms with Crippen LogP contribution in [-0.4, -0.2) is 29.6 Å². The number of hydrogen-bond donors (Lipinski definition) is 2. The first-order valence-electron chi connectivity index (χ1n) is 6.95. The van der Waals surface area contributed by atoms with Gasteiger partial charge in [0, 0.05) is 24.3 Å². The van der Waals surface area contributed by atoms with Gasteiger partial charge in [0.1, 0.15) is 0 Å². The summed E-state index contributed by atoms with van der Waals surface area (Å²) in [6.07, 6.45) is 3.34. The maximum Gasteiger partial charge on any atom is 0.0936 e. The van der Waals surface area contributed by atoms with Gasteiger partial charge in [0.2, 0.25) is 0 Å². The van der Waals surface area contributed by atoms with Crippen LogP contribution in [0.25, 0.3) is 0 Å². The topological polar surface area (TPSA) is 49.5 Å². The maximum atomic E-state index is 10.3. The van der Waals surface area contributed by atoms with Crippen molar-refractivity contribution in [2.75, 3.05) is 25.4 Å². The van der Waals surface area contributed by atoms with Gasteiger partial charge in [-0.3, -0.25) is 0 Å². The summed E-state index contributed by atoms with van der Waals surface area (Å²) in [6, 6.07) is 7.60. The summed E-state index contributed by atoms with van der Waals surface area (Å²) in [5, 5.41) is 10.3. The number of nitrogens with two attached hydrogens (primary N) is 1. The number of piperidine rings is 1. The van der Waals surface area contributed by atoms with E-state index in [4.69, 9.17) is 5.73 Å². The second kappa shape index (κ2) is 6.21. The van der Waals surface area contributed by atoms with Gasteiger partial charge in [-0.2, -0.15) is 0 Å². The molecule has 100 valence electrons. The highest BCUT2D eigenvalue weighted by atomic mass is 16.3. The summed E-state index contributed by atoms with van der Waals surface area (Å²) in [6.45, 7) is 5.16. The molecule has 2 atom stereocenters. The fourth-order valence-corrected chi connectivity index (χ4v) is 2.81. The summed E-state index contributed by atoms with van der Waals surface area (Å²) >= 11 is 0. The fraction of sp³-hybridized carbons (Fsp3) is 0.600. The summed E-state index contributed by atoms with van der Waals surface area (Å²) < 4.78 is 0. The normalized spacial score (nSPS) is 22.9. The number of anilines is 1. The molecule has 1 aliphatic heterocycles. The second-order valence-corrected chi connectivity index (χ2v) is 5.32. The first-order chi connectivity index (χ1) is 8.70. The Bertz CT molecular complexity index is 381. The number of nitrogen functional groups attached to an aromatic ring is 1. The van der Waals surface area contributed by atoms with Gasteiger partial charge in [-0.1, -0.05) is 31.5 Å². The van der Waals surface area contributed by atoms with Gasteiger partial charge in [0.25, 0.3) is 0 Å². The molecule has 18 heavy (non-hydrogen) atoms. The lowest BCUT2D eigenvalue weighted by molar-refractivity contribution is 0.0840. The average Bonchev–Trinajstić information content (AvgIpc) is 2.39. The van der Waals surface area contributed by atoms with Crippen molar-refractivity contribution in [1.82, 2.24) is 4.90 Å². The van der Waals surface area contributed by atoms with Crippen LogP contribution < -0.4 is 5.73 Å². The molecular formula is C15H24N2O. The van der Waals surface area contributed by atoms with Crippen molar-refractivity contribution in [3.8, 4) is 0 Å². The molecule has 1 heterocycles. The van der Waals surface area contributed by atoms with Crippen LogP contribution >= 0.6 is 0 Å². The summed E-state index contributed by atoms with van der Waals surface area (Å²) in [5.74, 6) is 0.791. The molecule has 0 spiro atoms. The number of aliphatic hydroxyl groups is 1. The molecule has 1 aromatic rings. The zero-order valence-electron chi connectivity index (χ0n) is 11.2. The summed E-state index contributed by atoms with van der Waals surface area (Å²) in [7, 11) is 0. The quantitative estimate of drug-likeness (QED) is 0.805. The molecular weight excluding hydrogens is 224 g/mol. The predicted octanol–water partition coefficient (Wildman–Crippen LogP) is 2.42. The number of hydrogen-bond acceptors (Lipinski definition) is 3. The lowest BCUT2D eigenvalue weighted by Crippen LogP contribution is -2.38. The van der Waals surface area contributed by atoms with Crippen LogP contribution in [0, 0.1) is 5.92 Å². The monoisotopic (exact) mass is 248 g/mol. The van der Waals surface area contributed by atoms with E-state index in [1.54, 1.807) is 0 Å². The van der Waals surface area contributed by atoms with Gasteiger partial charge < -0.3 is 15.7 Å². The van der Waals surface area contributed by atoms with Crippen LogP contribution in [0.1, 0.15) is 37.9 Å². The van der Waals surface area contributed by atoms with E-state index in [2.05, 4.69) is 11.8 Å². The van der Waals surface area contributed by atoms with E-state index in [0.29, 0.717) is 12.2 Å². The maximum absolute atomic E-state index is 10.3. The Kier molecular flexibility index (Phi) is 4.61. The zero-order chi connectivity index (χ0) is 13.0. The van der Waals surface area contributed by atoms with E-state index in [1.165, 1.54) is 19.3 Å². The molecule has 3 nitrogen and oxygen atoms in total. The van der Waals surface area contributed by atoms with Gasteiger partial charge >= 0.3 is 0 Å². The van der Waals surface area contributed by atoms with E-state index in [1.807, 2.05) is 24.3 Å². The number of nitrogens with zero attached hydrogens (tertiary/aromatic N) is 1. The molecule has 1 fully saturated rings. The Morgan fingerprint density at radius 3 is 2.94 bits per heavy atom. The van der Waals surface area contributed by atoms with Gasteiger partial charge in [-0.15, -0.1) is 0 Å². The Morgan fingerprint density at radius 2 is 2.22 bits per heavy atom. The molecule has 0 aliphatic carbocycles. The van der Waals surface area contributed by atoms with Gasteiger partial charge in [0.15, 0.2) is 0 Å². The second-order valence-electron chi connectivity index (χ2n) is 5.32. The molecule has 1 saturated heterocycles. The number of para-hydroxylation sites is 1. The minimum Gasteiger partial charge on any atom is -0.398 e. The fourth-order valence-electron chi connectivity index (χ4n) is 2.81. The van der Waals surface area contributed by atoms with Crippen LogP contribution in [0.4, 0.5) is 5.69 Å². The largest absolute Gasteiger partial charge is 0.398 e. The average molecular weight is 248 g/mol. The highest BCUT2D eigenvalue weighted by Gasteiger charge is 2.21. The first kappa shape index (κ1) is 13.4. The van der Waals surface area contributed by atoms with E-state index in [9.17, 15) is 5.11 Å². The lowest BCUT2D eigenvalue weighted by atomic mass is 9.95. The standard InChI is InChI=1S/C15H24N2O/c1-2-12-6-5-9-17(10-12)11-15(18)13-7-3-4-8-14(13)16/h3-4,7-8,12,15,18H,2,5-6,9-11,16H2,1H3. The third kappa shape index (κ3) is 3.24. The Morgan fingerprint density at radius 1 is 1.44 bits per heavy atom. The molecule has 3 N–H and O–H groups in total. The van der Waals surface area contributed by atoms with Gasteiger partial charge in [-0.25, -0.2) is 0 Å². The molecule has 0 saturated carbocycles. The summed E-state index contributed by atoms with van der Waals surface area (Å²) in [4.78, 5) is 2.37. The van der Waals surface area contributed by atoms with Crippen LogP contribution in [0.15, 0.2) is 24.3 Å². The van der Waals surface area contributed by atoms with Crippen molar-refractivity contribution in [2.45, 2.75) is 32.3 Å². The minimum absolute atomic E-state index is 0.471. The molecule has 0 bridgehead atoms. The van der Waals surface area contributed by atoms with E-state index in [-0.39, 0.29) is 0 Å². The van der Waals surface area contributed by atoms with E-state index in [0.717, 1.165) is 24.6 Å². The van der Waals surface area contributed by atoms with E-state index < -0.39 is 6.10 Å². The minimum atomic E-state index is -0.471. The smallest absolute Gasteiger partial charge is 0.0936 e. The van der Waals surface area contributed by atoms with Crippen molar-refractivity contribution < 1.29 is 5.11 Å². The van der Waals surface area contributed by atoms with Crippen molar-refractivity contribution in [3.63, 3.8) is 0 Å². The molecule has 2 rings (SSSR count). The Labute approximate surface area is 110 Å².